The lowest BCUT2D eigenvalue weighted by Gasteiger charge is -2.22. The van der Waals surface area contributed by atoms with Crippen LogP contribution in [0.3, 0.4) is 0 Å². The third-order valence-corrected chi connectivity index (χ3v) is 4.86. The Balaban J connectivity index is 1.73. The number of amides is 2. The zero-order chi connectivity index (χ0) is 20.8. The molecule has 0 unspecified atom stereocenters. The molecule has 4 heteroatoms. The van der Waals surface area contributed by atoms with Gasteiger partial charge in [0.25, 0.3) is 11.8 Å². The Hall–Kier alpha value is -3.40. The molecule has 3 rings (SSSR count). The number of anilines is 1. The molecule has 0 aromatic heterocycles. The van der Waals surface area contributed by atoms with E-state index in [1.54, 1.807) is 41.1 Å². The highest BCUT2D eigenvalue weighted by atomic mass is 16.2. The molecule has 0 N–H and O–H groups in total. The number of rotatable bonds is 6. The number of nitrogens with zero attached hydrogens (tertiary/aromatic N) is 2. The maximum atomic E-state index is 13.0. The summed E-state index contributed by atoms with van der Waals surface area (Å²) < 4.78 is 0. The number of hydrogen-bond acceptors (Lipinski definition) is 2. The molecule has 3 aromatic carbocycles. The van der Waals surface area contributed by atoms with Crippen molar-refractivity contribution in [3.63, 3.8) is 0 Å². The lowest BCUT2D eigenvalue weighted by molar-refractivity contribution is 0.0784. The van der Waals surface area contributed by atoms with Gasteiger partial charge in [-0.3, -0.25) is 9.59 Å². The van der Waals surface area contributed by atoms with Gasteiger partial charge in [0, 0.05) is 37.0 Å². The zero-order valence-corrected chi connectivity index (χ0v) is 17.1. The standard InChI is InChI=1S/C25H26N2O2/c1-4-27(23-12-8-9-19(2)17-23)25(29)22-15-13-21(14-16-22)24(28)26(3)18-20-10-6-5-7-11-20/h5-17H,4,18H2,1-3H3. The highest BCUT2D eigenvalue weighted by molar-refractivity contribution is 6.06. The van der Waals surface area contributed by atoms with E-state index in [0.717, 1.165) is 16.8 Å². The second-order valence-electron chi connectivity index (χ2n) is 7.11. The fourth-order valence-electron chi connectivity index (χ4n) is 3.30. The first kappa shape index (κ1) is 20.3. The molecule has 0 fully saturated rings. The van der Waals surface area contributed by atoms with E-state index >= 15 is 0 Å². The van der Waals surface area contributed by atoms with Crippen molar-refractivity contribution in [2.24, 2.45) is 0 Å². The molecule has 0 saturated heterocycles. The number of benzene rings is 3. The Morgan fingerprint density at radius 2 is 1.41 bits per heavy atom. The largest absolute Gasteiger partial charge is 0.337 e. The van der Waals surface area contributed by atoms with Gasteiger partial charge in [0.1, 0.15) is 0 Å². The second-order valence-corrected chi connectivity index (χ2v) is 7.11. The molecule has 0 heterocycles. The fraction of sp³-hybridized carbons (Fsp3) is 0.200. The molecule has 148 valence electrons. The summed E-state index contributed by atoms with van der Waals surface area (Å²) in [6.07, 6.45) is 0. The molecule has 0 aliphatic rings. The van der Waals surface area contributed by atoms with Crippen LogP contribution in [0, 0.1) is 6.92 Å². The van der Waals surface area contributed by atoms with Crippen LogP contribution in [0.1, 0.15) is 38.8 Å². The van der Waals surface area contributed by atoms with Gasteiger partial charge in [-0.25, -0.2) is 0 Å². The van der Waals surface area contributed by atoms with Crippen LogP contribution in [0.5, 0.6) is 0 Å². The van der Waals surface area contributed by atoms with Gasteiger partial charge >= 0.3 is 0 Å². The molecule has 3 aromatic rings. The van der Waals surface area contributed by atoms with Crippen LogP contribution in [0.25, 0.3) is 0 Å². The Morgan fingerprint density at radius 1 is 0.793 bits per heavy atom. The van der Waals surface area contributed by atoms with Gasteiger partial charge in [0.2, 0.25) is 0 Å². The summed E-state index contributed by atoms with van der Waals surface area (Å²) in [5.41, 5.74) is 4.19. The summed E-state index contributed by atoms with van der Waals surface area (Å²) in [5.74, 6) is -0.145. The quantitative estimate of drug-likeness (QED) is 0.602. The maximum absolute atomic E-state index is 13.0. The van der Waals surface area contributed by atoms with Crippen molar-refractivity contribution in [3.8, 4) is 0 Å². The summed E-state index contributed by atoms with van der Waals surface area (Å²) in [7, 11) is 1.78. The van der Waals surface area contributed by atoms with Crippen molar-refractivity contribution in [2.75, 3.05) is 18.5 Å². The summed E-state index contributed by atoms with van der Waals surface area (Å²) in [6, 6.07) is 24.7. The Morgan fingerprint density at radius 3 is 2.00 bits per heavy atom. The molecule has 2 amide bonds. The highest BCUT2D eigenvalue weighted by Crippen LogP contribution is 2.19. The smallest absolute Gasteiger partial charge is 0.258 e. The second kappa shape index (κ2) is 9.20. The molecule has 0 aliphatic heterocycles. The van der Waals surface area contributed by atoms with Crippen molar-refractivity contribution in [1.82, 2.24) is 4.90 Å². The molecule has 29 heavy (non-hydrogen) atoms. The van der Waals surface area contributed by atoms with Crippen LogP contribution in [0.2, 0.25) is 0 Å². The van der Waals surface area contributed by atoms with E-state index in [1.165, 1.54) is 0 Å². The molecule has 0 spiro atoms. The minimum Gasteiger partial charge on any atom is -0.337 e. The Kier molecular flexibility index (Phi) is 6.45. The molecule has 0 atom stereocenters. The first-order valence-electron chi connectivity index (χ1n) is 9.77. The maximum Gasteiger partial charge on any atom is 0.258 e. The average molecular weight is 386 g/mol. The van der Waals surface area contributed by atoms with E-state index in [0.29, 0.717) is 24.2 Å². The van der Waals surface area contributed by atoms with Crippen LogP contribution in [-0.4, -0.2) is 30.3 Å². The van der Waals surface area contributed by atoms with Crippen molar-refractivity contribution in [1.29, 1.82) is 0 Å². The van der Waals surface area contributed by atoms with E-state index in [2.05, 4.69) is 0 Å². The van der Waals surface area contributed by atoms with E-state index in [4.69, 9.17) is 0 Å². The van der Waals surface area contributed by atoms with Gasteiger partial charge in [-0.2, -0.15) is 0 Å². The fourth-order valence-corrected chi connectivity index (χ4v) is 3.30. The monoisotopic (exact) mass is 386 g/mol. The van der Waals surface area contributed by atoms with Crippen LogP contribution < -0.4 is 4.90 Å². The molecule has 4 nitrogen and oxygen atoms in total. The lowest BCUT2D eigenvalue weighted by Crippen LogP contribution is -2.31. The summed E-state index contributed by atoms with van der Waals surface area (Å²) in [4.78, 5) is 29.1. The van der Waals surface area contributed by atoms with Gasteiger partial charge in [0.05, 0.1) is 0 Å². The van der Waals surface area contributed by atoms with Gasteiger partial charge in [-0.05, 0) is 61.4 Å². The minimum absolute atomic E-state index is 0.0705. The van der Waals surface area contributed by atoms with Crippen molar-refractivity contribution < 1.29 is 9.59 Å². The molecule has 0 saturated carbocycles. The Labute approximate surface area is 172 Å². The predicted octanol–water partition coefficient (Wildman–Crippen LogP) is 4.93. The minimum atomic E-state index is -0.0743. The highest BCUT2D eigenvalue weighted by Gasteiger charge is 2.18. The summed E-state index contributed by atoms with van der Waals surface area (Å²) in [6.45, 7) is 5.07. The van der Waals surface area contributed by atoms with Gasteiger partial charge in [0.15, 0.2) is 0 Å². The van der Waals surface area contributed by atoms with E-state index in [-0.39, 0.29) is 11.8 Å². The van der Waals surface area contributed by atoms with Crippen molar-refractivity contribution in [3.05, 3.63) is 101 Å². The number of hydrogen-bond donors (Lipinski definition) is 0. The van der Waals surface area contributed by atoms with Crippen LogP contribution in [-0.2, 0) is 6.54 Å². The van der Waals surface area contributed by atoms with Gasteiger partial charge in [-0.15, -0.1) is 0 Å². The first-order chi connectivity index (χ1) is 14.0. The molecular formula is C25H26N2O2. The predicted molar refractivity (Wildman–Crippen MR) is 117 cm³/mol. The Bertz CT molecular complexity index is 981. The topological polar surface area (TPSA) is 40.6 Å². The van der Waals surface area contributed by atoms with Crippen LogP contribution >= 0.6 is 0 Å². The third kappa shape index (κ3) is 4.91. The van der Waals surface area contributed by atoms with Gasteiger partial charge < -0.3 is 9.80 Å². The van der Waals surface area contributed by atoms with Crippen LogP contribution in [0.15, 0.2) is 78.9 Å². The van der Waals surface area contributed by atoms with Gasteiger partial charge in [-0.1, -0.05) is 42.5 Å². The molecule has 0 aliphatic carbocycles. The molecule has 0 bridgehead atoms. The first-order valence-corrected chi connectivity index (χ1v) is 9.77. The van der Waals surface area contributed by atoms with Crippen LogP contribution in [0.4, 0.5) is 5.69 Å². The lowest BCUT2D eigenvalue weighted by atomic mass is 10.1. The summed E-state index contributed by atoms with van der Waals surface area (Å²) in [5, 5.41) is 0. The normalized spacial score (nSPS) is 10.4. The van der Waals surface area contributed by atoms with Crippen molar-refractivity contribution >= 4 is 17.5 Å². The average Bonchev–Trinajstić information content (AvgIpc) is 2.74. The van der Waals surface area contributed by atoms with E-state index < -0.39 is 0 Å². The number of aryl methyl sites for hydroxylation is 1. The zero-order valence-electron chi connectivity index (χ0n) is 17.1. The molecule has 0 radical (unpaired) electrons. The molecular weight excluding hydrogens is 360 g/mol. The SMILES string of the molecule is CCN(C(=O)c1ccc(C(=O)N(C)Cc2ccccc2)cc1)c1cccc(C)c1. The van der Waals surface area contributed by atoms with E-state index in [9.17, 15) is 9.59 Å². The summed E-state index contributed by atoms with van der Waals surface area (Å²) >= 11 is 0. The van der Waals surface area contributed by atoms with E-state index in [1.807, 2.05) is 68.4 Å². The number of carbonyl (C=O) groups excluding carboxylic acids is 2. The third-order valence-electron chi connectivity index (χ3n) is 4.86. The van der Waals surface area contributed by atoms with Crippen molar-refractivity contribution in [2.45, 2.75) is 20.4 Å². The number of carbonyl (C=O) groups is 2.